The van der Waals surface area contributed by atoms with E-state index >= 15 is 0 Å². The summed E-state index contributed by atoms with van der Waals surface area (Å²) in [5.41, 5.74) is -0.517. The molecule has 21 heavy (non-hydrogen) atoms. The molecule has 1 aromatic rings. The summed E-state index contributed by atoms with van der Waals surface area (Å²) in [7, 11) is 1.60. The molecule has 116 valence electrons. The fraction of sp³-hybridized carbons (Fsp3) is 0.538. The number of rotatable bonds is 5. The number of hydrogen-bond donors (Lipinski definition) is 2. The van der Waals surface area contributed by atoms with E-state index in [4.69, 9.17) is 9.84 Å². The quantitative estimate of drug-likeness (QED) is 0.758. The molecule has 8 heteroatoms. The van der Waals surface area contributed by atoms with Crippen molar-refractivity contribution in [3.8, 4) is 0 Å². The third-order valence-electron chi connectivity index (χ3n) is 2.44. The van der Waals surface area contributed by atoms with Crippen LogP contribution in [0.2, 0.25) is 0 Å². The molecule has 0 aliphatic rings. The zero-order chi connectivity index (χ0) is 16.2. The predicted octanol–water partition coefficient (Wildman–Crippen LogP) is 0.335. The Morgan fingerprint density at radius 2 is 2.05 bits per heavy atom. The molecule has 1 amide bonds. The summed E-state index contributed by atoms with van der Waals surface area (Å²) >= 11 is 0. The normalized spacial score (nSPS) is 12.6. The summed E-state index contributed by atoms with van der Waals surface area (Å²) in [6.07, 6.45) is 2.27. The molecule has 0 unspecified atom stereocenters. The van der Waals surface area contributed by atoms with E-state index in [-0.39, 0.29) is 5.69 Å². The first-order valence-electron chi connectivity index (χ1n) is 6.32. The van der Waals surface area contributed by atoms with Gasteiger partial charge in [-0.05, 0) is 20.8 Å². The number of aliphatic carboxylic acids is 1. The maximum atomic E-state index is 11.9. The van der Waals surface area contributed by atoms with Gasteiger partial charge in [-0.1, -0.05) is 0 Å². The van der Waals surface area contributed by atoms with Crippen LogP contribution in [0.1, 0.15) is 37.7 Å². The summed E-state index contributed by atoms with van der Waals surface area (Å²) in [6.45, 7) is 5.03. The van der Waals surface area contributed by atoms with Crippen LogP contribution in [0.15, 0.2) is 12.5 Å². The molecule has 0 aliphatic carbocycles. The summed E-state index contributed by atoms with van der Waals surface area (Å²) in [4.78, 5) is 38.5. The molecule has 0 saturated heterocycles. The van der Waals surface area contributed by atoms with E-state index in [2.05, 4.69) is 10.3 Å². The Bertz CT molecular complexity index is 544. The maximum absolute atomic E-state index is 11.9. The molecular formula is C13H19N3O5. The van der Waals surface area contributed by atoms with E-state index in [0.717, 1.165) is 0 Å². The van der Waals surface area contributed by atoms with Crippen LogP contribution in [-0.2, 0) is 21.4 Å². The largest absolute Gasteiger partial charge is 0.480 e. The van der Waals surface area contributed by atoms with Crippen LogP contribution in [0, 0.1) is 0 Å². The molecule has 2 N–H and O–H groups in total. The SMILES string of the molecule is Cn1cncc1C(=O)N[C@@H](CC(=O)OC(C)(C)C)C(=O)O. The van der Waals surface area contributed by atoms with Crippen molar-refractivity contribution in [2.45, 2.75) is 38.8 Å². The third kappa shape index (κ3) is 5.25. The molecule has 0 bridgehead atoms. The smallest absolute Gasteiger partial charge is 0.326 e. The summed E-state index contributed by atoms with van der Waals surface area (Å²) in [5, 5.41) is 11.4. The van der Waals surface area contributed by atoms with Crippen molar-refractivity contribution >= 4 is 17.8 Å². The second-order valence-electron chi connectivity index (χ2n) is 5.54. The molecule has 0 radical (unpaired) electrons. The van der Waals surface area contributed by atoms with Crippen LogP contribution in [0.5, 0.6) is 0 Å². The molecule has 0 aromatic carbocycles. The number of carbonyl (C=O) groups is 3. The van der Waals surface area contributed by atoms with E-state index in [1.165, 1.54) is 17.1 Å². The highest BCUT2D eigenvalue weighted by Gasteiger charge is 2.27. The van der Waals surface area contributed by atoms with Gasteiger partial charge in [-0.3, -0.25) is 9.59 Å². The number of ether oxygens (including phenoxy) is 1. The number of esters is 1. The molecule has 1 aromatic heterocycles. The Balaban J connectivity index is 2.71. The molecule has 0 saturated carbocycles. The zero-order valence-electron chi connectivity index (χ0n) is 12.4. The lowest BCUT2D eigenvalue weighted by molar-refractivity contribution is -0.158. The van der Waals surface area contributed by atoms with Crippen molar-refractivity contribution in [2.24, 2.45) is 7.05 Å². The standard InChI is InChI=1S/C13H19N3O5/c1-13(2,3)21-10(17)5-8(12(19)20)15-11(18)9-6-14-7-16(9)4/h6-8H,5H2,1-4H3,(H,15,18)(H,19,20)/t8-/m0/s1. The summed E-state index contributed by atoms with van der Waals surface area (Å²) in [5.74, 6) is -2.62. The van der Waals surface area contributed by atoms with Crippen LogP contribution >= 0.6 is 0 Å². The number of nitrogens with one attached hydrogen (secondary N) is 1. The third-order valence-corrected chi connectivity index (χ3v) is 2.44. The monoisotopic (exact) mass is 297 g/mol. The molecule has 8 nitrogen and oxygen atoms in total. The number of carboxylic acids is 1. The number of nitrogens with zero attached hydrogens (tertiary/aromatic N) is 2. The number of aryl methyl sites for hydroxylation is 1. The van der Waals surface area contributed by atoms with Gasteiger partial charge in [-0.2, -0.15) is 0 Å². The summed E-state index contributed by atoms with van der Waals surface area (Å²) < 4.78 is 6.49. The van der Waals surface area contributed by atoms with Gasteiger partial charge < -0.3 is 19.7 Å². The van der Waals surface area contributed by atoms with Gasteiger partial charge in [0, 0.05) is 7.05 Å². The molecule has 1 rings (SSSR count). The fourth-order valence-electron chi connectivity index (χ4n) is 1.56. The highest BCUT2D eigenvalue weighted by molar-refractivity contribution is 5.96. The van der Waals surface area contributed by atoms with E-state index in [1.807, 2.05) is 0 Å². The van der Waals surface area contributed by atoms with Crippen molar-refractivity contribution in [2.75, 3.05) is 0 Å². The van der Waals surface area contributed by atoms with Crippen molar-refractivity contribution in [1.29, 1.82) is 0 Å². The van der Waals surface area contributed by atoms with Crippen LogP contribution in [0.3, 0.4) is 0 Å². The molecular weight excluding hydrogens is 278 g/mol. The molecule has 1 atom stereocenters. The highest BCUT2D eigenvalue weighted by atomic mass is 16.6. The second-order valence-corrected chi connectivity index (χ2v) is 5.54. The average Bonchev–Trinajstić information content (AvgIpc) is 2.71. The Morgan fingerprint density at radius 1 is 1.43 bits per heavy atom. The van der Waals surface area contributed by atoms with Crippen molar-refractivity contribution in [3.63, 3.8) is 0 Å². The number of amides is 1. The average molecular weight is 297 g/mol. The topological polar surface area (TPSA) is 111 Å². The van der Waals surface area contributed by atoms with Crippen molar-refractivity contribution in [3.05, 3.63) is 18.2 Å². The second kappa shape index (κ2) is 6.38. The first kappa shape index (κ1) is 16.7. The van der Waals surface area contributed by atoms with Crippen LogP contribution in [0.4, 0.5) is 0 Å². The number of carbonyl (C=O) groups excluding carboxylic acids is 2. The van der Waals surface area contributed by atoms with Crippen LogP contribution < -0.4 is 5.32 Å². The van der Waals surface area contributed by atoms with E-state index in [0.29, 0.717) is 0 Å². The number of hydrogen-bond acceptors (Lipinski definition) is 5. The van der Waals surface area contributed by atoms with Gasteiger partial charge in [0.05, 0.1) is 18.9 Å². The van der Waals surface area contributed by atoms with Crippen molar-refractivity contribution in [1.82, 2.24) is 14.9 Å². The Morgan fingerprint density at radius 3 is 2.48 bits per heavy atom. The van der Waals surface area contributed by atoms with Gasteiger partial charge >= 0.3 is 11.9 Å². The summed E-state index contributed by atoms with van der Waals surface area (Å²) in [6, 6.07) is -1.36. The van der Waals surface area contributed by atoms with Gasteiger partial charge in [-0.15, -0.1) is 0 Å². The number of imidazole rings is 1. The van der Waals surface area contributed by atoms with E-state index < -0.39 is 35.9 Å². The van der Waals surface area contributed by atoms with E-state index in [1.54, 1.807) is 27.8 Å². The minimum absolute atomic E-state index is 0.199. The predicted molar refractivity (Wildman–Crippen MR) is 72.6 cm³/mol. The van der Waals surface area contributed by atoms with Gasteiger partial charge in [0.1, 0.15) is 17.3 Å². The fourth-order valence-corrected chi connectivity index (χ4v) is 1.56. The minimum Gasteiger partial charge on any atom is -0.480 e. The number of aromatic nitrogens is 2. The number of carboxylic acid groups (broad SMARTS) is 1. The van der Waals surface area contributed by atoms with Crippen LogP contribution in [0.25, 0.3) is 0 Å². The van der Waals surface area contributed by atoms with E-state index in [9.17, 15) is 14.4 Å². The Hall–Kier alpha value is -2.38. The van der Waals surface area contributed by atoms with Gasteiger partial charge in [0.2, 0.25) is 0 Å². The molecule has 0 spiro atoms. The lowest BCUT2D eigenvalue weighted by Crippen LogP contribution is -2.43. The molecule has 1 heterocycles. The van der Waals surface area contributed by atoms with Gasteiger partial charge in [0.15, 0.2) is 0 Å². The van der Waals surface area contributed by atoms with Crippen LogP contribution in [-0.4, -0.2) is 44.1 Å². The molecule has 0 fully saturated rings. The lowest BCUT2D eigenvalue weighted by atomic mass is 10.1. The molecule has 0 aliphatic heterocycles. The highest BCUT2D eigenvalue weighted by Crippen LogP contribution is 2.10. The van der Waals surface area contributed by atoms with Crippen molar-refractivity contribution < 1.29 is 24.2 Å². The first-order valence-corrected chi connectivity index (χ1v) is 6.32. The Kier molecular flexibility index (Phi) is 5.07. The maximum Gasteiger partial charge on any atom is 0.326 e. The minimum atomic E-state index is -1.36. The first-order chi connectivity index (χ1) is 9.60. The van der Waals surface area contributed by atoms with Gasteiger partial charge in [0.25, 0.3) is 5.91 Å². The zero-order valence-corrected chi connectivity index (χ0v) is 12.4. The van der Waals surface area contributed by atoms with Gasteiger partial charge in [-0.25, -0.2) is 9.78 Å². The Labute approximate surface area is 122 Å². The lowest BCUT2D eigenvalue weighted by Gasteiger charge is -2.21.